The van der Waals surface area contributed by atoms with Crippen molar-refractivity contribution in [3.8, 4) is 0 Å². The largest absolute Gasteiger partial charge is 0.452 e. The van der Waals surface area contributed by atoms with Gasteiger partial charge in [0, 0.05) is 30.1 Å². The van der Waals surface area contributed by atoms with Gasteiger partial charge in [0.1, 0.15) is 6.04 Å². The van der Waals surface area contributed by atoms with Crippen LogP contribution in [0.2, 0.25) is 5.02 Å². The van der Waals surface area contributed by atoms with E-state index in [0.717, 1.165) is 4.90 Å². The minimum absolute atomic E-state index is 0.0364. The molecule has 0 bridgehead atoms. The first kappa shape index (κ1) is 26.4. The zero-order valence-corrected chi connectivity index (χ0v) is 19.5. The van der Waals surface area contributed by atoms with E-state index in [-0.39, 0.29) is 37.3 Å². The smallest absolute Gasteiger partial charge is 0.416 e. The molecule has 0 saturated carbocycles. The fourth-order valence-corrected chi connectivity index (χ4v) is 2.98. The highest BCUT2D eigenvalue weighted by atomic mass is 35.5. The van der Waals surface area contributed by atoms with E-state index in [1.807, 2.05) is 27.7 Å². The zero-order valence-electron chi connectivity index (χ0n) is 18.7. The molecular weight excluding hydrogens is 422 g/mol. The third-order valence-corrected chi connectivity index (χ3v) is 4.57. The summed E-state index contributed by atoms with van der Waals surface area (Å²) in [7, 11) is 1.21. The molecule has 0 aliphatic carbocycles. The second-order valence-electron chi connectivity index (χ2n) is 8.07. The Morgan fingerprint density at radius 1 is 1.03 bits per heavy atom. The van der Waals surface area contributed by atoms with E-state index >= 15 is 0 Å². The molecule has 0 spiro atoms. The number of amides is 4. The summed E-state index contributed by atoms with van der Waals surface area (Å²) in [4.78, 5) is 50.4. The molecule has 1 rings (SSSR count). The van der Waals surface area contributed by atoms with Crippen molar-refractivity contribution in [3.63, 3.8) is 0 Å². The van der Waals surface area contributed by atoms with Gasteiger partial charge in [-0.15, -0.1) is 0 Å². The SMILES string of the molecule is COC(=O)N(CC(C)C)C(=O)CCNC(=O)C(CC(C)C)NC(=O)c1ccc(Cl)cc1. The molecular formula is C22H32ClN3O5. The maximum absolute atomic E-state index is 12.7. The van der Waals surface area contributed by atoms with Gasteiger partial charge in [0.2, 0.25) is 11.8 Å². The maximum atomic E-state index is 12.7. The van der Waals surface area contributed by atoms with Crippen LogP contribution in [0.5, 0.6) is 0 Å². The monoisotopic (exact) mass is 453 g/mol. The number of methoxy groups -OCH3 is 1. The highest BCUT2D eigenvalue weighted by Crippen LogP contribution is 2.11. The number of carbonyl (C=O) groups excluding carboxylic acids is 4. The third kappa shape index (κ3) is 9.38. The number of carbonyl (C=O) groups is 4. The van der Waals surface area contributed by atoms with Crippen LogP contribution in [0, 0.1) is 11.8 Å². The lowest BCUT2D eigenvalue weighted by Gasteiger charge is -2.22. The Kier molecular flexibility index (Phi) is 11.0. The van der Waals surface area contributed by atoms with Crippen LogP contribution in [-0.4, -0.2) is 55.0 Å². The van der Waals surface area contributed by atoms with Crippen molar-refractivity contribution in [2.75, 3.05) is 20.2 Å². The van der Waals surface area contributed by atoms with E-state index < -0.39 is 23.9 Å². The van der Waals surface area contributed by atoms with Crippen molar-refractivity contribution in [1.29, 1.82) is 0 Å². The van der Waals surface area contributed by atoms with Crippen molar-refractivity contribution >= 4 is 35.4 Å². The van der Waals surface area contributed by atoms with Crippen LogP contribution in [0.3, 0.4) is 0 Å². The van der Waals surface area contributed by atoms with E-state index in [9.17, 15) is 19.2 Å². The van der Waals surface area contributed by atoms with Gasteiger partial charge in [-0.3, -0.25) is 14.4 Å². The molecule has 9 heteroatoms. The predicted octanol–water partition coefficient (Wildman–Crippen LogP) is 3.24. The summed E-state index contributed by atoms with van der Waals surface area (Å²) < 4.78 is 4.66. The van der Waals surface area contributed by atoms with Gasteiger partial charge in [-0.2, -0.15) is 0 Å². The molecule has 1 aromatic carbocycles. The number of halogens is 1. The summed E-state index contributed by atoms with van der Waals surface area (Å²) in [6, 6.07) is 5.60. The first-order valence-corrected chi connectivity index (χ1v) is 10.6. The van der Waals surface area contributed by atoms with Crippen LogP contribution in [0.15, 0.2) is 24.3 Å². The molecule has 8 nitrogen and oxygen atoms in total. The molecule has 0 fully saturated rings. The third-order valence-electron chi connectivity index (χ3n) is 4.32. The lowest BCUT2D eigenvalue weighted by Crippen LogP contribution is -2.48. The van der Waals surface area contributed by atoms with Crippen LogP contribution in [0.4, 0.5) is 4.79 Å². The van der Waals surface area contributed by atoms with E-state index in [0.29, 0.717) is 17.0 Å². The summed E-state index contributed by atoms with van der Waals surface area (Å²) >= 11 is 5.85. The number of hydrogen-bond acceptors (Lipinski definition) is 5. The van der Waals surface area contributed by atoms with Gasteiger partial charge in [0.25, 0.3) is 5.91 Å². The van der Waals surface area contributed by atoms with Crippen LogP contribution in [0.1, 0.15) is 50.9 Å². The molecule has 2 N–H and O–H groups in total. The lowest BCUT2D eigenvalue weighted by molar-refractivity contribution is -0.130. The average Bonchev–Trinajstić information content (AvgIpc) is 2.70. The quantitative estimate of drug-likeness (QED) is 0.565. The Morgan fingerprint density at radius 2 is 1.65 bits per heavy atom. The standard InChI is InChI=1S/C22H32ClN3O5/c1-14(2)12-18(25-20(28)16-6-8-17(23)9-7-16)21(29)24-11-10-19(27)26(13-15(3)4)22(30)31-5/h6-9,14-15,18H,10-13H2,1-5H3,(H,24,29)(H,25,28). The van der Waals surface area contributed by atoms with Crippen LogP contribution in [-0.2, 0) is 14.3 Å². The van der Waals surface area contributed by atoms with Crippen LogP contribution >= 0.6 is 11.6 Å². The molecule has 0 aliphatic rings. The number of imide groups is 1. The molecule has 0 heterocycles. The normalized spacial score (nSPS) is 11.7. The van der Waals surface area contributed by atoms with Gasteiger partial charge in [-0.1, -0.05) is 39.3 Å². The van der Waals surface area contributed by atoms with Gasteiger partial charge < -0.3 is 15.4 Å². The zero-order chi connectivity index (χ0) is 23.6. The number of benzene rings is 1. The Labute approximate surface area is 188 Å². The van der Waals surface area contributed by atoms with Crippen molar-refractivity contribution in [2.24, 2.45) is 11.8 Å². The molecule has 1 aromatic rings. The molecule has 0 aromatic heterocycles. The fourth-order valence-electron chi connectivity index (χ4n) is 2.85. The number of nitrogens with one attached hydrogen (secondary N) is 2. The van der Waals surface area contributed by atoms with Crippen molar-refractivity contribution in [3.05, 3.63) is 34.9 Å². The van der Waals surface area contributed by atoms with Crippen molar-refractivity contribution in [1.82, 2.24) is 15.5 Å². The van der Waals surface area contributed by atoms with E-state index in [2.05, 4.69) is 15.4 Å². The van der Waals surface area contributed by atoms with Crippen LogP contribution < -0.4 is 10.6 Å². The van der Waals surface area contributed by atoms with Crippen molar-refractivity contribution < 1.29 is 23.9 Å². The first-order chi connectivity index (χ1) is 14.5. The van der Waals surface area contributed by atoms with E-state index in [1.165, 1.54) is 7.11 Å². The molecule has 4 amide bonds. The molecule has 31 heavy (non-hydrogen) atoms. The lowest BCUT2D eigenvalue weighted by atomic mass is 10.0. The molecule has 0 radical (unpaired) electrons. The summed E-state index contributed by atoms with van der Waals surface area (Å²) in [6.07, 6.45) is -0.355. The highest BCUT2D eigenvalue weighted by Gasteiger charge is 2.25. The molecule has 1 atom stereocenters. The van der Waals surface area contributed by atoms with E-state index in [1.54, 1.807) is 24.3 Å². The number of nitrogens with zero attached hydrogens (tertiary/aromatic N) is 1. The minimum atomic E-state index is -0.759. The van der Waals surface area contributed by atoms with E-state index in [4.69, 9.17) is 11.6 Å². The number of rotatable bonds is 10. The van der Waals surface area contributed by atoms with Gasteiger partial charge in [-0.25, -0.2) is 9.69 Å². The second-order valence-corrected chi connectivity index (χ2v) is 8.51. The molecule has 0 saturated heterocycles. The topological polar surface area (TPSA) is 105 Å². The van der Waals surface area contributed by atoms with Gasteiger partial charge in [-0.05, 0) is 42.5 Å². The summed E-state index contributed by atoms with van der Waals surface area (Å²) in [5.74, 6) is -0.981. The van der Waals surface area contributed by atoms with Gasteiger partial charge in [0.05, 0.1) is 7.11 Å². The number of hydrogen-bond donors (Lipinski definition) is 2. The average molecular weight is 454 g/mol. The highest BCUT2D eigenvalue weighted by molar-refractivity contribution is 6.30. The van der Waals surface area contributed by atoms with Crippen molar-refractivity contribution in [2.45, 2.75) is 46.6 Å². The minimum Gasteiger partial charge on any atom is -0.452 e. The Hall–Kier alpha value is -2.61. The summed E-state index contributed by atoms with van der Waals surface area (Å²) in [5.41, 5.74) is 0.392. The molecule has 172 valence electrons. The number of ether oxygens (including phenoxy) is 1. The maximum Gasteiger partial charge on any atom is 0.416 e. The second kappa shape index (κ2) is 12.9. The predicted molar refractivity (Wildman–Crippen MR) is 119 cm³/mol. The van der Waals surface area contributed by atoms with Gasteiger partial charge in [0.15, 0.2) is 0 Å². The fraction of sp³-hybridized carbons (Fsp3) is 0.545. The van der Waals surface area contributed by atoms with Gasteiger partial charge >= 0.3 is 6.09 Å². The molecule has 0 aliphatic heterocycles. The summed E-state index contributed by atoms with van der Waals surface area (Å²) in [5, 5.41) is 5.92. The summed E-state index contributed by atoms with van der Waals surface area (Å²) in [6.45, 7) is 7.91. The first-order valence-electron chi connectivity index (χ1n) is 10.3. The molecule has 1 unspecified atom stereocenters. The van der Waals surface area contributed by atoms with Crippen LogP contribution in [0.25, 0.3) is 0 Å². The Bertz CT molecular complexity index is 765. The Morgan fingerprint density at radius 3 is 2.16 bits per heavy atom. The Balaban J connectivity index is 2.70.